The van der Waals surface area contributed by atoms with Gasteiger partial charge in [-0.2, -0.15) is 0 Å². The fourth-order valence-electron chi connectivity index (χ4n) is 3.47. The van der Waals surface area contributed by atoms with Crippen LogP contribution in [0.2, 0.25) is 0 Å². The number of hydrogen-bond donors (Lipinski definition) is 0. The predicted octanol–water partition coefficient (Wildman–Crippen LogP) is 4.22. The van der Waals surface area contributed by atoms with E-state index < -0.39 is 0 Å². The van der Waals surface area contributed by atoms with E-state index in [0.29, 0.717) is 12.4 Å². The Morgan fingerprint density at radius 2 is 2.00 bits per heavy atom. The SMILES string of the molecule is COCCn1c(C)cc(C(=O)CSc2ccc3c(c2)CCC3)c1C. The number of fused-ring (bicyclic) bond motifs is 1. The number of aryl methyl sites for hydroxylation is 3. The minimum Gasteiger partial charge on any atom is -0.383 e. The molecule has 0 aliphatic heterocycles. The van der Waals surface area contributed by atoms with Crippen LogP contribution in [0.5, 0.6) is 0 Å². The second kappa shape index (κ2) is 7.58. The lowest BCUT2D eigenvalue weighted by Crippen LogP contribution is -2.09. The van der Waals surface area contributed by atoms with E-state index in [0.717, 1.165) is 23.5 Å². The van der Waals surface area contributed by atoms with Crippen LogP contribution in [0.15, 0.2) is 29.2 Å². The van der Waals surface area contributed by atoms with Crippen LogP contribution in [0.4, 0.5) is 0 Å². The lowest BCUT2D eigenvalue weighted by molar-refractivity contribution is 0.102. The number of rotatable bonds is 7. The summed E-state index contributed by atoms with van der Waals surface area (Å²) < 4.78 is 7.32. The Balaban J connectivity index is 1.67. The number of carbonyl (C=O) groups is 1. The van der Waals surface area contributed by atoms with Gasteiger partial charge in [0.15, 0.2) is 5.78 Å². The molecule has 128 valence electrons. The summed E-state index contributed by atoms with van der Waals surface area (Å²) in [6, 6.07) is 8.66. The van der Waals surface area contributed by atoms with Crippen molar-refractivity contribution in [1.29, 1.82) is 0 Å². The van der Waals surface area contributed by atoms with E-state index >= 15 is 0 Å². The highest BCUT2D eigenvalue weighted by Crippen LogP contribution is 2.28. The van der Waals surface area contributed by atoms with Gasteiger partial charge >= 0.3 is 0 Å². The maximum absolute atomic E-state index is 12.6. The van der Waals surface area contributed by atoms with Crippen LogP contribution >= 0.6 is 11.8 Å². The number of nitrogens with zero attached hydrogens (tertiary/aromatic N) is 1. The lowest BCUT2D eigenvalue weighted by atomic mass is 10.1. The average Bonchev–Trinajstić information content (AvgIpc) is 3.15. The van der Waals surface area contributed by atoms with E-state index in [1.807, 2.05) is 19.9 Å². The summed E-state index contributed by atoms with van der Waals surface area (Å²) in [4.78, 5) is 13.9. The lowest BCUT2D eigenvalue weighted by Gasteiger charge is -2.09. The van der Waals surface area contributed by atoms with Gasteiger partial charge in [0, 0.05) is 35.5 Å². The molecule has 1 aromatic heterocycles. The van der Waals surface area contributed by atoms with Crippen molar-refractivity contribution in [2.24, 2.45) is 0 Å². The molecule has 0 fully saturated rings. The number of ketones is 1. The molecule has 0 radical (unpaired) electrons. The zero-order valence-electron chi connectivity index (χ0n) is 14.7. The van der Waals surface area contributed by atoms with Crippen molar-refractivity contribution in [3.8, 4) is 0 Å². The Hall–Kier alpha value is -1.52. The number of aromatic nitrogens is 1. The van der Waals surface area contributed by atoms with Gasteiger partial charge < -0.3 is 9.30 Å². The highest BCUT2D eigenvalue weighted by molar-refractivity contribution is 8.00. The Bertz CT molecular complexity index is 748. The summed E-state index contributed by atoms with van der Waals surface area (Å²) in [5.41, 5.74) is 5.95. The minimum absolute atomic E-state index is 0.206. The molecule has 0 amide bonds. The van der Waals surface area contributed by atoms with Crippen molar-refractivity contribution in [1.82, 2.24) is 4.57 Å². The van der Waals surface area contributed by atoms with Crippen LogP contribution in [0.25, 0.3) is 0 Å². The van der Waals surface area contributed by atoms with Gasteiger partial charge in [-0.25, -0.2) is 0 Å². The highest BCUT2D eigenvalue weighted by Gasteiger charge is 2.16. The van der Waals surface area contributed by atoms with Gasteiger partial charge in [0.1, 0.15) is 0 Å². The molecule has 1 heterocycles. The van der Waals surface area contributed by atoms with Crippen molar-refractivity contribution in [2.45, 2.75) is 44.6 Å². The quantitative estimate of drug-likeness (QED) is 0.557. The zero-order valence-corrected chi connectivity index (χ0v) is 15.5. The third-order valence-electron chi connectivity index (χ3n) is 4.83. The predicted molar refractivity (Wildman–Crippen MR) is 99.3 cm³/mol. The molecular formula is C20H25NO2S. The molecule has 0 N–H and O–H groups in total. The van der Waals surface area contributed by atoms with Gasteiger partial charge in [-0.15, -0.1) is 11.8 Å². The number of thioether (sulfide) groups is 1. The van der Waals surface area contributed by atoms with Gasteiger partial charge in [-0.3, -0.25) is 4.79 Å². The van der Waals surface area contributed by atoms with Gasteiger partial charge in [0.2, 0.25) is 0 Å². The number of carbonyl (C=O) groups excluding carboxylic acids is 1. The summed E-state index contributed by atoms with van der Waals surface area (Å²) in [5, 5.41) is 0. The molecule has 0 spiro atoms. The van der Waals surface area contributed by atoms with Crippen molar-refractivity contribution >= 4 is 17.5 Å². The minimum atomic E-state index is 0.206. The number of hydrogen-bond acceptors (Lipinski definition) is 3. The second-order valence-electron chi connectivity index (χ2n) is 6.43. The van der Waals surface area contributed by atoms with Crippen molar-refractivity contribution < 1.29 is 9.53 Å². The average molecular weight is 343 g/mol. The molecule has 0 atom stereocenters. The Kier molecular flexibility index (Phi) is 5.47. The van der Waals surface area contributed by atoms with Crippen LogP contribution < -0.4 is 0 Å². The molecule has 0 bridgehead atoms. The van der Waals surface area contributed by atoms with Gasteiger partial charge in [-0.05, 0) is 62.4 Å². The smallest absolute Gasteiger partial charge is 0.174 e. The fraction of sp³-hybridized carbons (Fsp3) is 0.450. The molecule has 3 rings (SSSR count). The molecular weight excluding hydrogens is 318 g/mol. The van der Waals surface area contributed by atoms with Crippen molar-refractivity contribution in [3.63, 3.8) is 0 Å². The molecule has 2 aromatic rings. The molecule has 1 aromatic carbocycles. The first-order valence-electron chi connectivity index (χ1n) is 8.53. The first kappa shape index (κ1) is 17.3. The molecule has 24 heavy (non-hydrogen) atoms. The van der Waals surface area contributed by atoms with Crippen molar-refractivity contribution in [2.75, 3.05) is 19.5 Å². The summed E-state index contributed by atoms with van der Waals surface area (Å²) >= 11 is 1.65. The molecule has 4 heteroatoms. The maximum Gasteiger partial charge on any atom is 0.174 e. The third-order valence-corrected chi connectivity index (χ3v) is 5.83. The molecule has 0 unspecified atom stereocenters. The van der Waals surface area contributed by atoms with Crippen LogP contribution in [0, 0.1) is 13.8 Å². The van der Waals surface area contributed by atoms with E-state index in [1.54, 1.807) is 18.9 Å². The Morgan fingerprint density at radius 1 is 1.21 bits per heavy atom. The summed E-state index contributed by atoms with van der Waals surface area (Å²) in [6.07, 6.45) is 3.64. The standard InChI is InChI=1S/C20H25NO2S/c1-14-11-19(15(2)21(14)9-10-23-3)20(22)13-24-18-8-7-16-5-4-6-17(16)12-18/h7-8,11-12H,4-6,9-10,13H2,1-3H3. The van der Waals surface area contributed by atoms with Gasteiger partial charge in [0.25, 0.3) is 0 Å². The number of benzene rings is 1. The van der Waals surface area contributed by atoms with E-state index in [-0.39, 0.29) is 5.78 Å². The van der Waals surface area contributed by atoms with E-state index in [1.165, 1.54) is 35.3 Å². The monoisotopic (exact) mass is 343 g/mol. The van der Waals surface area contributed by atoms with E-state index in [4.69, 9.17) is 4.74 Å². The largest absolute Gasteiger partial charge is 0.383 e. The van der Waals surface area contributed by atoms with Crippen LogP contribution in [0.1, 0.15) is 39.3 Å². The molecule has 0 saturated heterocycles. The topological polar surface area (TPSA) is 31.2 Å². The van der Waals surface area contributed by atoms with E-state index in [9.17, 15) is 4.79 Å². The summed E-state index contributed by atoms with van der Waals surface area (Å²) in [6.45, 7) is 5.52. The number of methoxy groups -OCH3 is 1. The molecule has 3 nitrogen and oxygen atoms in total. The third kappa shape index (κ3) is 3.60. The van der Waals surface area contributed by atoms with Gasteiger partial charge in [-0.1, -0.05) is 6.07 Å². The fourth-order valence-corrected chi connectivity index (χ4v) is 4.32. The Morgan fingerprint density at radius 3 is 2.79 bits per heavy atom. The first-order valence-corrected chi connectivity index (χ1v) is 9.52. The molecule has 1 aliphatic rings. The first-order chi connectivity index (χ1) is 11.6. The number of Topliss-reactive ketones (excluding diaryl/α,β-unsaturated/α-hetero) is 1. The van der Waals surface area contributed by atoms with Crippen LogP contribution in [-0.2, 0) is 24.1 Å². The number of ether oxygens (including phenoxy) is 1. The van der Waals surface area contributed by atoms with Crippen LogP contribution in [-0.4, -0.2) is 29.8 Å². The summed E-state index contributed by atoms with van der Waals surface area (Å²) in [5.74, 6) is 0.699. The molecule has 0 saturated carbocycles. The van der Waals surface area contributed by atoms with Gasteiger partial charge in [0.05, 0.1) is 12.4 Å². The molecule has 1 aliphatic carbocycles. The Labute approximate surface area is 148 Å². The maximum atomic E-state index is 12.6. The van der Waals surface area contributed by atoms with Crippen LogP contribution in [0.3, 0.4) is 0 Å². The second-order valence-corrected chi connectivity index (χ2v) is 7.47. The normalized spacial score (nSPS) is 13.3. The summed E-state index contributed by atoms with van der Waals surface area (Å²) in [7, 11) is 1.70. The zero-order chi connectivity index (χ0) is 17.1. The van der Waals surface area contributed by atoms with E-state index in [2.05, 4.69) is 22.8 Å². The van der Waals surface area contributed by atoms with Crippen molar-refractivity contribution in [3.05, 3.63) is 52.3 Å². The highest BCUT2D eigenvalue weighted by atomic mass is 32.2.